The van der Waals surface area contributed by atoms with E-state index in [1.807, 2.05) is 13.8 Å². The molecule has 18 heavy (non-hydrogen) atoms. The van der Waals surface area contributed by atoms with Crippen LogP contribution in [0.3, 0.4) is 0 Å². The summed E-state index contributed by atoms with van der Waals surface area (Å²) in [5, 5.41) is 12.5. The second-order valence-corrected chi connectivity index (χ2v) is 5.85. The molecule has 0 radical (unpaired) electrons. The predicted molar refractivity (Wildman–Crippen MR) is 72.3 cm³/mol. The fourth-order valence-electron chi connectivity index (χ4n) is 1.68. The highest BCUT2D eigenvalue weighted by Gasteiger charge is 2.14. The monoisotopic (exact) mass is 244 g/mol. The van der Waals surface area contributed by atoms with Gasteiger partial charge in [0.05, 0.1) is 6.04 Å². The number of benzene rings is 1. The first-order chi connectivity index (χ1) is 8.38. The first-order valence-corrected chi connectivity index (χ1v) is 6.28. The molecular weight excluding hydrogens is 224 g/mol. The summed E-state index contributed by atoms with van der Waals surface area (Å²) >= 11 is 0. The number of aromatic nitrogens is 4. The van der Waals surface area contributed by atoms with Crippen LogP contribution in [0.15, 0.2) is 24.3 Å². The van der Waals surface area contributed by atoms with Crippen molar-refractivity contribution < 1.29 is 0 Å². The zero-order valence-corrected chi connectivity index (χ0v) is 11.7. The van der Waals surface area contributed by atoms with Gasteiger partial charge in [0.25, 0.3) is 0 Å². The highest BCUT2D eigenvalue weighted by molar-refractivity contribution is 5.54. The third-order valence-electron chi connectivity index (χ3n) is 2.90. The lowest BCUT2D eigenvalue weighted by Gasteiger charge is -2.18. The van der Waals surface area contributed by atoms with Gasteiger partial charge < -0.3 is 0 Å². The van der Waals surface area contributed by atoms with Gasteiger partial charge in [-0.2, -0.15) is 4.80 Å². The number of nitrogens with zero attached hydrogens (tertiary/aromatic N) is 4. The van der Waals surface area contributed by atoms with Gasteiger partial charge in [-0.15, -0.1) is 10.2 Å². The van der Waals surface area contributed by atoms with Crippen molar-refractivity contribution in [2.75, 3.05) is 0 Å². The van der Waals surface area contributed by atoms with Crippen LogP contribution in [-0.2, 0) is 5.41 Å². The molecule has 2 rings (SSSR count). The van der Waals surface area contributed by atoms with E-state index in [0.29, 0.717) is 5.82 Å². The largest absolute Gasteiger partial charge is 0.204 e. The van der Waals surface area contributed by atoms with Crippen LogP contribution in [0.5, 0.6) is 0 Å². The topological polar surface area (TPSA) is 43.6 Å². The van der Waals surface area contributed by atoms with Crippen molar-refractivity contribution in [1.82, 2.24) is 20.2 Å². The molecule has 0 atom stereocenters. The lowest BCUT2D eigenvalue weighted by molar-refractivity contribution is 0.455. The van der Waals surface area contributed by atoms with Gasteiger partial charge >= 0.3 is 0 Å². The van der Waals surface area contributed by atoms with Gasteiger partial charge in [0, 0.05) is 5.56 Å². The van der Waals surface area contributed by atoms with Crippen LogP contribution in [-0.4, -0.2) is 20.2 Å². The molecule has 0 saturated carbocycles. The Kier molecular flexibility index (Phi) is 3.20. The van der Waals surface area contributed by atoms with E-state index in [-0.39, 0.29) is 11.5 Å². The first-order valence-electron chi connectivity index (χ1n) is 6.28. The molecule has 96 valence electrons. The maximum atomic E-state index is 4.37. The SMILES string of the molecule is CC(C)n1nnc(-c2ccc(C(C)(C)C)cc2)n1. The zero-order chi connectivity index (χ0) is 13.3. The molecule has 0 spiro atoms. The quantitative estimate of drug-likeness (QED) is 0.814. The lowest BCUT2D eigenvalue weighted by atomic mass is 9.87. The van der Waals surface area contributed by atoms with E-state index in [4.69, 9.17) is 0 Å². The summed E-state index contributed by atoms with van der Waals surface area (Å²) in [6, 6.07) is 8.61. The van der Waals surface area contributed by atoms with Gasteiger partial charge in [0.1, 0.15) is 0 Å². The minimum atomic E-state index is 0.168. The molecular formula is C14H20N4. The van der Waals surface area contributed by atoms with Gasteiger partial charge in [-0.05, 0) is 30.0 Å². The van der Waals surface area contributed by atoms with Crippen LogP contribution in [0.2, 0.25) is 0 Å². The van der Waals surface area contributed by atoms with E-state index in [0.717, 1.165) is 5.56 Å². The van der Waals surface area contributed by atoms with Crippen molar-refractivity contribution in [3.63, 3.8) is 0 Å². The molecule has 0 amide bonds. The molecule has 4 heteroatoms. The molecule has 0 saturated heterocycles. The van der Waals surface area contributed by atoms with Gasteiger partial charge in [-0.3, -0.25) is 0 Å². The predicted octanol–water partition coefficient (Wildman–Crippen LogP) is 3.22. The molecule has 0 fully saturated rings. The van der Waals surface area contributed by atoms with Gasteiger partial charge in [-0.1, -0.05) is 45.0 Å². The summed E-state index contributed by atoms with van der Waals surface area (Å²) in [5.74, 6) is 0.684. The van der Waals surface area contributed by atoms with Crippen LogP contribution in [0.25, 0.3) is 11.4 Å². The number of hydrogen-bond acceptors (Lipinski definition) is 3. The molecule has 2 aromatic rings. The third kappa shape index (κ3) is 2.58. The molecule has 0 aliphatic heterocycles. The van der Waals surface area contributed by atoms with Crippen LogP contribution < -0.4 is 0 Å². The Hall–Kier alpha value is -1.71. The molecule has 0 aliphatic rings. The second-order valence-electron chi connectivity index (χ2n) is 5.85. The summed E-state index contributed by atoms with van der Waals surface area (Å²) in [7, 11) is 0. The molecule has 0 N–H and O–H groups in total. The van der Waals surface area contributed by atoms with Gasteiger partial charge in [-0.25, -0.2) is 0 Å². The van der Waals surface area contributed by atoms with Gasteiger partial charge in [0.2, 0.25) is 5.82 Å². The van der Waals surface area contributed by atoms with Crippen LogP contribution in [0.4, 0.5) is 0 Å². The van der Waals surface area contributed by atoms with Gasteiger partial charge in [0.15, 0.2) is 0 Å². The van der Waals surface area contributed by atoms with Crippen molar-refractivity contribution in [1.29, 1.82) is 0 Å². The third-order valence-corrected chi connectivity index (χ3v) is 2.90. The molecule has 0 unspecified atom stereocenters. The Morgan fingerprint density at radius 3 is 2.11 bits per heavy atom. The molecule has 4 nitrogen and oxygen atoms in total. The van der Waals surface area contributed by atoms with Crippen LogP contribution in [0.1, 0.15) is 46.2 Å². The second kappa shape index (κ2) is 4.52. The summed E-state index contributed by atoms with van der Waals surface area (Å²) in [6.07, 6.45) is 0. The minimum Gasteiger partial charge on any atom is -0.161 e. The average Bonchev–Trinajstić information content (AvgIpc) is 2.77. The van der Waals surface area contributed by atoms with Crippen LogP contribution >= 0.6 is 0 Å². The van der Waals surface area contributed by atoms with Crippen LogP contribution in [0, 0.1) is 0 Å². The maximum absolute atomic E-state index is 4.37. The number of tetrazole rings is 1. The highest BCUT2D eigenvalue weighted by Crippen LogP contribution is 2.24. The minimum absolute atomic E-state index is 0.168. The van der Waals surface area contributed by atoms with Crippen molar-refractivity contribution in [2.45, 2.75) is 46.1 Å². The number of rotatable bonds is 2. The Labute approximate surface area is 108 Å². The molecule has 0 bridgehead atoms. The zero-order valence-electron chi connectivity index (χ0n) is 11.7. The fourth-order valence-corrected chi connectivity index (χ4v) is 1.68. The summed E-state index contributed by atoms with van der Waals surface area (Å²) in [6.45, 7) is 10.7. The van der Waals surface area contributed by atoms with E-state index in [1.165, 1.54) is 5.56 Å². The molecule has 1 heterocycles. The Morgan fingerprint density at radius 2 is 1.67 bits per heavy atom. The smallest absolute Gasteiger partial charge is 0.161 e. The van der Waals surface area contributed by atoms with E-state index in [1.54, 1.807) is 4.80 Å². The molecule has 1 aromatic heterocycles. The maximum Gasteiger partial charge on any atom is 0.204 e. The normalized spacial score (nSPS) is 12.1. The van der Waals surface area contributed by atoms with E-state index in [9.17, 15) is 0 Å². The number of hydrogen-bond donors (Lipinski definition) is 0. The van der Waals surface area contributed by atoms with Crippen molar-refractivity contribution in [2.24, 2.45) is 0 Å². The molecule has 1 aromatic carbocycles. The van der Waals surface area contributed by atoms with E-state index < -0.39 is 0 Å². The summed E-state index contributed by atoms with van der Waals surface area (Å²) < 4.78 is 0. The highest BCUT2D eigenvalue weighted by atomic mass is 15.6. The van der Waals surface area contributed by atoms with E-state index in [2.05, 4.69) is 60.4 Å². The van der Waals surface area contributed by atoms with E-state index >= 15 is 0 Å². The Balaban J connectivity index is 2.29. The average molecular weight is 244 g/mol. The van der Waals surface area contributed by atoms with Crippen molar-refractivity contribution >= 4 is 0 Å². The summed E-state index contributed by atoms with van der Waals surface area (Å²) in [5.41, 5.74) is 2.49. The fraction of sp³-hybridized carbons (Fsp3) is 0.500. The Bertz CT molecular complexity index is 517. The Morgan fingerprint density at radius 1 is 1.06 bits per heavy atom. The van der Waals surface area contributed by atoms with Crippen molar-refractivity contribution in [3.8, 4) is 11.4 Å². The standard InChI is InChI=1S/C14H20N4/c1-10(2)18-16-13(15-17-18)11-6-8-12(9-7-11)14(3,4)5/h6-10H,1-5H3. The molecule has 0 aliphatic carbocycles. The lowest BCUT2D eigenvalue weighted by Crippen LogP contribution is -2.10. The first kappa shape index (κ1) is 12.7. The van der Waals surface area contributed by atoms with Crippen molar-refractivity contribution in [3.05, 3.63) is 29.8 Å². The summed E-state index contributed by atoms with van der Waals surface area (Å²) in [4.78, 5) is 1.63.